The third kappa shape index (κ3) is 2.54. The maximum atomic E-state index is 13.1. The molecule has 0 saturated carbocycles. The summed E-state index contributed by atoms with van der Waals surface area (Å²) in [6, 6.07) is 15.6. The van der Waals surface area contributed by atoms with Crippen molar-refractivity contribution in [1.82, 2.24) is 13.9 Å². The highest BCUT2D eigenvalue weighted by molar-refractivity contribution is 7.90. The Bertz CT molecular complexity index is 1150. The van der Waals surface area contributed by atoms with Crippen molar-refractivity contribution in [2.75, 3.05) is 5.73 Å². The molecule has 0 aliphatic carbocycles. The van der Waals surface area contributed by atoms with E-state index in [2.05, 4.69) is 9.97 Å². The van der Waals surface area contributed by atoms with Crippen LogP contribution in [0.25, 0.3) is 22.2 Å². The molecule has 4 rings (SSSR count). The molecule has 2 aromatic carbocycles. The summed E-state index contributed by atoms with van der Waals surface area (Å²) in [6.45, 7) is 0. The van der Waals surface area contributed by atoms with E-state index in [4.69, 9.17) is 5.73 Å². The van der Waals surface area contributed by atoms with Crippen molar-refractivity contribution in [3.63, 3.8) is 0 Å². The lowest BCUT2D eigenvalue weighted by atomic mass is 10.1. The Balaban J connectivity index is 1.99. The van der Waals surface area contributed by atoms with E-state index in [1.807, 2.05) is 12.1 Å². The molecule has 124 valence electrons. The van der Waals surface area contributed by atoms with Gasteiger partial charge in [0.25, 0.3) is 10.0 Å². The molecule has 4 aromatic rings. The van der Waals surface area contributed by atoms with Gasteiger partial charge in [-0.05, 0) is 18.2 Å². The molecule has 0 unspecified atom stereocenters. The normalized spacial score (nSPS) is 11.7. The standard InChI is InChI=1S/C18H14N4O2S/c19-18-11-20-16(10-21-18)15-12-22(17-9-5-4-8-14(15)17)25(23,24)13-6-2-1-3-7-13/h1-12H,(H2,19,21). The summed E-state index contributed by atoms with van der Waals surface area (Å²) in [5.41, 5.74) is 7.42. The molecule has 2 aromatic heterocycles. The van der Waals surface area contributed by atoms with Crippen molar-refractivity contribution in [3.8, 4) is 11.3 Å². The van der Waals surface area contributed by atoms with Crippen LogP contribution in [0.4, 0.5) is 5.82 Å². The van der Waals surface area contributed by atoms with Crippen LogP contribution in [0.15, 0.2) is 78.1 Å². The first-order valence-electron chi connectivity index (χ1n) is 7.56. The molecule has 2 heterocycles. The van der Waals surface area contributed by atoms with Gasteiger partial charge in [-0.1, -0.05) is 36.4 Å². The number of nitrogens with two attached hydrogens (primary N) is 1. The number of hydrogen-bond donors (Lipinski definition) is 1. The zero-order valence-corrected chi connectivity index (χ0v) is 13.9. The van der Waals surface area contributed by atoms with E-state index in [-0.39, 0.29) is 4.90 Å². The van der Waals surface area contributed by atoms with E-state index in [1.54, 1.807) is 48.7 Å². The molecule has 0 fully saturated rings. The third-order valence-electron chi connectivity index (χ3n) is 3.93. The lowest BCUT2D eigenvalue weighted by molar-refractivity contribution is 0.589. The van der Waals surface area contributed by atoms with Gasteiger partial charge in [0.15, 0.2) is 0 Å². The highest BCUT2D eigenvalue weighted by atomic mass is 32.2. The molecule has 25 heavy (non-hydrogen) atoms. The monoisotopic (exact) mass is 350 g/mol. The highest BCUT2D eigenvalue weighted by Gasteiger charge is 2.21. The minimum Gasteiger partial charge on any atom is -0.382 e. The zero-order chi connectivity index (χ0) is 17.4. The lowest BCUT2D eigenvalue weighted by Crippen LogP contribution is -2.11. The predicted molar refractivity (Wildman–Crippen MR) is 96.4 cm³/mol. The molecular formula is C18H14N4O2S. The summed E-state index contributed by atoms with van der Waals surface area (Å²) in [5, 5.41) is 0.779. The fraction of sp³-hybridized carbons (Fsp3) is 0. The van der Waals surface area contributed by atoms with Gasteiger partial charge in [-0.25, -0.2) is 17.4 Å². The topological polar surface area (TPSA) is 90.9 Å². The van der Waals surface area contributed by atoms with Crippen molar-refractivity contribution in [1.29, 1.82) is 0 Å². The van der Waals surface area contributed by atoms with E-state index in [1.165, 1.54) is 16.4 Å². The molecule has 0 amide bonds. The number of nitrogen functional groups attached to an aromatic ring is 1. The Labute approximate surface area is 144 Å². The number of fused-ring (bicyclic) bond motifs is 1. The first-order chi connectivity index (χ1) is 12.1. The van der Waals surface area contributed by atoms with Crippen LogP contribution in [0.1, 0.15) is 0 Å². The third-order valence-corrected chi connectivity index (χ3v) is 5.61. The molecular weight excluding hydrogens is 336 g/mol. The van der Waals surface area contributed by atoms with Crippen molar-refractivity contribution >= 4 is 26.7 Å². The number of benzene rings is 2. The van der Waals surface area contributed by atoms with E-state index in [9.17, 15) is 8.42 Å². The van der Waals surface area contributed by atoms with Crippen molar-refractivity contribution in [2.24, 2.45) is 0 Å². The number of nitrogens with zero attached hydrogens (tertiary/aromatic N) is 3. The van der Waals surface area contributed by atoms with Gasteiger partial charge < -0.3 is 5.73 Å². The molecule has 0 aliphatic heterocycles. The van der Waals surface area contributed by atoms with Crippen molar-refractivity contribution < 1.29 is 8.42 Å². The summed E-state index contributed by atoms with van der Waals surface area (Å²) in [7, 11) is -3.72. The van der Waals surface area contributed by atoms with Gasteiger partial charge in [0.2, 0.25) is 0 Å². The average Bonchev–Trinajstić information content (AvgIpc) is 3.04. The first-order valence-corrected chi connectivity index (χ1v) is 9.00. The molecule has 6 nitrogen and oxygen atoms in total. The van der Waals surface area contributed by atoms with Gasteiger partial charge in [-0.15, -0.1) is 0 Å². The number of para-hydroxylation sites is 1. The van der Waals surface area contributed by atoms with Gasteiger partial charge >= 0.3 is 0 Å². The minimum absolute atomic E-state index is 0.227. The summed E-state index contributed by atoms with van der Waals surface area (Å²) >= 11 is 0. The van der Waals surface area contributed by atoms with E-state index in [0.717, 1.165) is 5.39 Å². The van der Waals surface area contributed by atoms with E-state index >= 15 is 0 Å². The predicted octanol–water partition coefficient (Wildman–Crippen LogP) is 2.92. The Morgan fingerprint density at radius 1 is 0.880 bits per heavy atom. The first kappa shape index (κ1) is 15.3. The largest absolute Gasteiger partial charge is 0.382 e. The van der Waals surface area contributed by atoms with Gasteiger partial charge in [-0.2, -0.15) is 0 Å². The van der Waals surface area contributed by atoms with Crippen LogP contribution < -0.4 is 5.73 Å². The van der Waals surface area contributed by atoms with E-state index < -0.39 is 10.0 Å². The number of aromatic nitrogens is 3. The molecule has 0 atom stereocenters. The van der Waals surface area contributed by atoms with Crippen LogP contribution in [0.2, 0.25) is 0 Å². The molecule has 0 aliphatic rings. The number of hydrogen-bond acceptors (Lipinski definition) is 5. The minimum atomic E-state index is -3.72. The summed E-state index contributed by atoms with van der Waals surface area (Å²) < 4.78 is 27.4. The second-order valence-corrected chi connectivity index (χ2v) is 7.32. The molecule has 2 N–H and O–H groups in total. The average molecular weight is 350 g/mol. The second-order valence-electron chi connectivity index (χ2n) is 5.50. The van der Waals surface area contributed by atoms with E-state index in [0.29, 0.717) is 22.6 Å². The summed E-state index contributed by atoms with van der Waals surface area (Å²) in [5.74, 6) is 0.310. The van der Waals surface area contributed by atoms with Crippen LogP contribution >= 0.6 is 0 Å². The summed E-state index contributed by atoms with van der Waals surface area (Å²) in [4.78, 5) is 8.55. The Morgan fingerprint density at radius 3 is 2.32 bits per heavy atom. The van der Waals surface area contributed by atoms with Crippen molar-refractivity contribution in [3.05, 3.63) is 73.2 Å². The maximum absolute atomic E-state index is 13.1. The fourth-order valence-corrected chi connectivity index (χ4v) is 4.13. The molecule has 0 radical (unpaired) electrons. The lowest BCUT2D eigenvalue weighted by Gasteiger charge is -2.07. The number of rotatable bonds is 3. The smallest absolute Gasteiger partial charge is 0.268 e. The van der Waals surface area contributed by atoms with Crippen LogP contribution in [-0.2, 0) is 10.0 Å². The Morgan fingerprint density at radius 2 is 1.60 bits per heavy atom. The van der Waals surface area contributed by atoms with Gasteiger partial charge in [0, 0.05) is 17.1 Å². The van der Waals surface area contributed by atoms with Crippen LogP contribution in [0.3, 0.4) is 0 Å². The quantitative estimate of drug-likeness (QED) is 0.613. The highest BCUT2D eigenvalue weighted by Crippen LogP contribution is 2.31. The molecule has 0 bridgehead atoms. The molecule has 0 saturated heterocycles. The molecule has 0 spiro atoms. The van der Waals surface area contributed by atoms with Gasteiger partial charge in [0.05, 0.1) is 28.5 Å². The second kappa shape index (κ2) is 5.71. The van der Waals surface area contributed by atoms with Crippen LogP contribution in [0, 0.1) is 0 Å². The maximum Gasteiger partial charge on any atom is 0.268 e. The summed E-state index contributed by atoms with van der Waals surface area (Å²) in [6.07, 6.45) is 4.57. The van der Waals surface area contributed by atoms with Gasteiger partial charge in [0.1, 0.15) is 5.82 Å². The Kier molecular flexibility index (Phi) is 3.51. The van der Waals surface area contributed by atoms with Crippen molar-refractivity contribution in [2.45, 2.75) is 4.90 Å². The SMILES string of the molecule is Nc1cnc(-c2cn(S(=O)(=O)c3ccccc3)c3ccccc23)cn1. The Hall–Kier alpha value is -3.19. The fourth-order valence-electron chi connectivity index (χ4n) is 2.74. The number of anilines is 1. The van der Waals surface area contributed by atoms with Gasteiger partial charge in [-0.3, -0.25) is 4.98 Å². The van der Waals surface area contributed by atoms with Crippen LogP contribution in [-0.4, -0.2) is 22.4 Å². The zero-order valence-electron chi connectivity index (χ0n) is 13.1. The molecule has 7 heteroatoms. The van der Waals surface area contributed by atoms with Crippen LogP contribution in [0.5, 0.6) is 0 Å².